The Bertz CT molecular complexity index is 850. The number of hydrogen-bond acceptors (Lipinski definition) is 5. The van der Waals surface area contributed by atoms with Gasteiger partial charge >= 0.3 is 0 Å². The van der Waals surface area contributed by atoms with E-state index in [0.29, 0.717) is 13.2 Å². The van der Waals surface area contributed by atoms with Crippen LogP contribution in [0.25, 0.3) is 0 Å². The summed E-state index contributed by atoms with van der Waals surface area (Å²) >= 11 is 1.79. The molecule has 1 fully saturated rings. The van der Waals surface area contributed by atoms with Crippen LogP contribution in [0, 0.1) is 13.8 Å². The zero-order chi connectivity index (χ0) is 21.3. The Labute approximate surface area is 207 Å². The minimum Gasteiger partial charge on any atom is -0.488 e. The molecule has 1 unspecified atom stereocenters. The Balaban J connectivity index is 0.00000341. The average Bonchev–Trinajstić information content (AvgIpc) is 3.36. The molecule has 3 rings (SSSR count). The van der Waals surface area contributed by atoms with Crippen molar-refractivity contribution in [1.82, 2.24) is 15.6 Å². The predicted molar refractivity (Wildman–Crippen MR) is 139 cm³/mol. The van der Waals surface area contributed by atoms with Crippen LogP contribution < -0.4 is 15.4 Å². The van der Waals surface area contributed by atoms with Gasteiger partial charge in [0.05, 0.1) is 30.5 Å². The summed E-state index contributed by atoms with van der Waals surface area (Å²) in [6.07, 6.45) is 2.97. The van der Waals surface area contributed by atoms with Gasteiger partial charge in [0.2, 0.25) is 0 Å². The molecule has 0 saturated carbocycles. The van der Waals surface area contributed by atoms with Crippen molar-refractivity contribution in [2.24, 2.45) is 4.99 Å². The first-order chi connectivity index (χ1) is 14.6. The molecule has 31 heavy (non-hydrogen) atoms. The lowest BCUT2D eigenvalue weighted by Crippen LogP contribution is -2.38. The van der Waals surface area contributed by atoms with Crippen molar-refractivity contribution in [3.05, 3.63) is 44.9 Å². The van der Waals surface area contributed by atoms with Gasteiger partial charge in [0.15, 0.2) is 5.96 Å². The summed E-state index contributed by atoms with van der Waals surface area (Å²) in [5, 5.41) is 7.95. The molecule has 1 aliphatic heterocycles. The molecule has 0 amide bonds. The van der Waals surface area contributed by atoms with Crippen molar-refractivity contribution < 1.29 is 9.47 Å². The SMILES string of the molecule is CCNC(=NCc1ccc(C)cc1OC1CCOC1)NCCc1nc(CC)c(C)s1.I. The number of benzene rings is 1. The molecule has 1 aromatic heterocycles. The number of guanidine groups is 1. The Hall–Kier alpha value is -1.39. The maximum absolute atomic E-state index is 6.20. The summed E-state index contributed by atoms with van der Waals surface area (Å²) in [7, 11) is 0. The molecule has 6 nitrogen and oxygen atoms in total. The van der Waals surface area contributed by atoms with Gasteiger partial charge in [-0.05, 0) is 38.8 Å². The van der Waals surface area contributed by atoms with Crippen molar-refractivity contribution in [2.75, 3.05) is 26.3 Å². The molecule has 0 aliphatic carbocycles. The summed E-state index contributed by atoms with van der Waals surface area (Å²) in [4.78, 5) is 10.8. The van der Waals surface area contributed by atoms with Gasteiger partial charge in [0.25, 0.3) is 0 Å². The molecule has 172 valence electrons. The van der Waals surface area contributed by atoms with Gasteiger partial charge in [-0.1, -0.05) is 19.1 Å². The monoisotopic (exact) mass is 558 g/mol. The van der Waals surface area contributed by atoms with Crippen LogP contribution in [0.3, 0.4) is 0 Å². The number of nitrogens with zero attached hydrogens (tertiary/aromatic N) is 2. The predicted octanol–water partition coefficient (Wildman–Crippen LogP) is 4.41. The number of aryl methyl sites for hydroxylation is 3. The number of nitrogens with one attached hydrogen (secondary N) is 2. The van der Waals surface area contributed by atoms with Crippen molar-refractivity contribution in [1.29, 1.82) is 0 Å². The number of aliphatic imine (C=N–C) groups is 1. The molecule has 1 aromatic carbocycles. The fraction of sp³-hybridized carbons (Fsp3) is 0.565. The number of hydrogen-bond donors (Lipinski definition) is 2. The van der Waals surface area contributed by atoms with E-state index in [2.05, 4.69) is 56.5 Å². The standard InChI is InChI=1S/C23H34N4O2S.HI/c1-5-20-17(4)30-22(27-20)9-11-25-23(24-6-2)26-14-18-8-7-16(3)13-21(18)29-19-10-12-28-15-19;/h7-8,13,19H,5-6,9-12,14-15H2,1-4H3,(H2,24,25,26);1H. The summed E-state index contributed by atoms with van der Waals surface area (Å²) in [6, 6.07) is 6.32. The summed E-state index contributed by atoms with van der Waals surface area (Å²) in [6.45, 7) is 12.1. The molecule has 0 spiro atoms. The minimum absolute atomic E-state index is 0. The average molecular weight is 559 g/mol. The van der Waals surface area contributed by atoms with Crippen molar-refractivity contribution in [3.8, 4) is 5.75 Å². The van der Waals surface area contributed by atoms with E-state index in [1.165, 1.54) is 21.1 Å². The van der Waals surface area contributed by atoms with Crippen LogP contribution in [0.5, 0.6) is 5.75 Å². The highest BCUT2D eigenvalue weighted by atomic mass is 127. The van der Waals surface area contributed by atoms with E-state index in [9.17, 15) is 0 Å². The topological polar surface area (TPSA) is 67.8 Å². The molecule has 0 bridgehead atoms. The van der Waals surface area contributed by atoms with Gasteiger partial charge < -0.3 is 20.1 Å². The lowest BCUT2D eigenvalue weighted by atomic mass is 10.1. The maximum Gasteiger partial charge on any atom is 0.191 e. The molecule has 1 saturated heterocycles. The van der Waals surface area contributed by atoms with E-state index in [0.717, 1.165) is 56.2 Å². The van der Waals surface area contributed by atoms with Gasteiger partial charge in [0.1, 0.15) is 11.9 Å². The zero-order valence-electron chi connectivity index (χ0n) is 19.0. The van der Waals surface area contributed by atoms with E-state index in [1.807, 2.05) is 0 Å². The fourth-order valence-electron chi connectivity index (χ4n) is 3.40. The number of aromatic nitrogens is 1. The fourth-order valence-corrected chi connectivity index (χ4v) is 4.43. The molecule has 2 heterocycles. The summed E-state index contributed by atoms with van der Waals surface area (Å²) in [5.74, 6) is 1.73. The van der Waals surface area contributed by atoms with E-state index in [1.54, 1.807) is 11.3 Å². The highest BCUT2D eigenvalue weighted by Gasteiger charge is 2.18. The third-order valence-electron chi connectivity index (χ3n) is 5.06. The zero-order valence-corrected chi connectivity index (χ0v) is 22.1. The van der Waals surface area contributed by atoms with E-state index < -0.39 is 0 Å². The van der Waals surface area contributed by atoms with Crippen LogP contribution in [-0.2, 0) is 24.1 Å². The molecule has 0 radical (unpaired) electrons. The first-order valence-corrected chi connectivity index (χ1v) is 11.7. The van der Waals surface area contributed by atoms with Crippen molar-refractivity contribution in [2.45, 2.75) is 59.6 Å². The Kier molecular flexibility index (Phi) is 11.0. The van der Waals surface area contributed by atoms with Crippen LogP contribution in [0.2, 0.25) is 0 Å². The largest absolute Gasteiger partial charge is 0.488 e. The second kappa shape index (κ2) is 13.2. The second-order valence-electron chi connectivity index (χ2n) is 7.55. The van der Waals surface area contributed by atoms with Crippen molar-refractivity contribution >= 4 is 41.3 Å². The van der Waals surface area contributed by atoms with E-state index in [-0.39, 0.29) is 30.1 Å². The quantitative estimate of drug-likeness (QED) is 0.271. The molecular weight excluding hydrogens is 523 g/mol. The minimum atomic E-state index is 0. The molecule has 2 aromatic rings. The van der Waals surface area contributed by atoms with Crippen LogP contribution in [0.4, 0.5) is 0 Å². The number of thiazole rings is 1. The third-order valence-corrected chi connectivity index (χ3v) is 6.13. The molecular formula is C23H35IN4O2S. The van der Waals surface area contributed by atoms with Crippen LogP contribution in [0.15, 0.2) is 23.2 Å². The first-order valence-electron chi connectivity index (χ1n) is 10.9. The second-order valence-corrected chi connectivity index (χ2v) is 8.84. The smallest absolute Gasteiger partial charge is 0.191 e. The number of halogens is 1. The Morgan fingerprint density at radius 3 is 2.81 bits per heavy atom. The first kappa shape index (κ1) is 25.9. The molecule has 8 heteroatoms. The van der Waals surface area contributed by atoms with Crippen LogP contribution >= 0.6 is 35.3 Å². The number of ether oxygens (including phenoxy) is 2. The lowest BCUT2D eigenvalue weighted by molar-refractivity contribution is 0.140. The molecule has 1 atom stereocenters. The van der Waals surface area contributed by atoms with Gasteiger partial charge in [-0.3, -0.25) is 0 Å². The Morgan fingerprint density at radius 2 is 2.13 bits per heavy atom. The third kappa shape index (κ3) is 7.91. The maximum atomic E-state index is 6.20. The van der Waals surface area contributed by atoms with E-state index in [4.69, 9.17) is 19.5 Å². The van der Waals surface area contributed by atoms with Crippen molar-refractivity contribution in [3.63, 3.8) is 0 Å². The molecule has 2 N–H and O–H groups in total. The van der Waals surface area contributed by atoms with Crippen LogP contribution in [-0.4, -0.2) is 43.4 Å². The highest BCUT2D eigenvalue weighted by molar-refractivity contribution is 14.0. The normalized spacial score (nSPS) is 16.1. The lowest BCUT2D eigenvalue weighted by Gasteiger charge is -2.16. The van der Waals surface area contributed by atoms with Gasteiger partial charge in [-0.15, -0.1) is 35.3 Å². The van der Waals surface area contributed by atoms with Gasteiger partial charge in [-0.2, -0.15) is 0 Å². The van der Waals surface area contributed by atoms with E-state index >= 15 is 0 Å². The summed E-state index contributed by atoms with van der Waals surface area (Å²) in [5.41, 5.74) is 3.50. The highest BCUT2D eigenvalue weighted by Crippen LogP contribution is 2.24. The Morgan fingerprint density at radius 1 is 1.29 bits per heavy atom. The van der Waals surface area contributed by atoms with Gasteiger partial charge in [-0.25, -0.2) is 9.98 Å². The van der Waals surface area contributed by atoms with Gasteiger partial charge in [0, 0.05) is 36.4 Å². The summed E-state index contributed by atoms with van der Waals surface area (Å²) < 4.78 is 11.7. The molecule has 1 aliphatic rings. The number of rotatable bonds is 9. The van der Waals surface area contributed by atoms with Crippen LogP contribution in [0.1, 0.15) is 47.0 Å².